The predicted octanol–water partition coefficient (Wildman–Crippen LogP) is 3.04. The number of nitrogens with zero attached hydrogens (tertiary/aromatic N) is 2. The first-order valence-corrected chi connectivity index (χ1v) is 13.4. The van der Waals surface area contributed by atoms with E-state index in [9.17, 15) is 32.0 Å². The van der Waals surface area contributed by atoms with Crippen LogP contribution in [0.3, 0.4) is 0 Å². The average Bonchev–Trinajstić information content (AvgIpc) is 2.82. The number of aromatic nitrogens is 1. The number of para-hydroxylation sites is 2. The van der Waals surface area contributed by atoms with Gasteiger partial charge in [0.1, 0.15) is 0 Å². The van der Waals surface area contributed by atoms with Crippen molar-refractivity contribution in [2.45, 2.75) is 23.6 Å². The Morgan fingerprint density at radius 2 is 1.50 bits per heavy atom. The Morgan fingerprint density at radius 1 is 0.861 bits per heavy atom. The highest BCUT2D eigenvalue weighted by Gasteiger charge is 2.20. The lowest BCUT2D eigenvalue weighted by Crippen LogP contribution is -2.34. The number of fused-ring (bicyclic) bond motifs is 1. The molecular formula is C23H21N4O7S2-. The maximum atomic E-state index is 13.2. The van der Waals surface area contributed by atoms with E-state index in [0.717, 1.165) is 16.3 Å². The van der Waals surface area contributed by atoms with Gasteiger partial charge in [-0.2, -0.15) is 8.42 Å². The molecule has 13 heteroatoms. The zero-order valence-corrected chi connectivity index (χ0v) is 20.7. The zero-order valence-electron chi connectivity index (χ0n) is 19.0. The molecule has 0 radical (unpaired) electrons. The molecule has 188 valence electrons. The SMILES string of the molecule is Cc1ccc(S(=O)(=O)Nn2c(C)cc3ccc(S(=O)(=O)Nc4ccccc4N([O-])O)cc3c2=O)cc1. The summed E-state index contributed by atoms with van der Waals surface area (Å²) < 4.78 is 54.7. The van der Waals surface area contributed by atoms with E-state index in [1.165, 1.54) is 61.5 Å². The van der Waals surface area contributed by atoms with E-state index in [0.29, 0.717) is 5.39 Å². The van der Waals surface area contributed by atoms with Crippen LogP contribution in [0.2, 0.25) is 0 Å². The summed E-state index contributed by atoms with van der Waals surface area (Å²) >= 11 is 0. The summed E-state index contributed by atoms with van der Waals surface area (Å²) in [6.45, 7) is 3.34. The lowest BCUT2D eigenvalue weighted by molar-refractivity contribution is 0.297. The number of rotatable bonds is 7. The molecule has 0 bridgehead atoms. The van der Waals surface area contributed by atoms with Crippen molar-refractivity contribution in [2.75, 3.05) is 14.8 Å². The van der Waals surface area contributed by atoms with Gasteiger partial charge in [-0.05, 0) is 61.7 Å². The number of benzene rings is 3. The molecule has 1 aromatic heterocycles. The van der Waals surface area contributed by atoms with Gasteiger partial charge in [0.2, 0.25) is 0 Å². The van der Waals surface area contributed by atoms with Gasteiger partial charge in [-0.1, -0.05) is 35.9 Å². The van der Waals surface area contributed by atoms with Crippen LogP contribution in [-0.2, 0) is 20.0 Å². The van der Waals surface area contributed by atoms with Gasteiger partial charge in [-0.25, -0.2) is 17.9 Å². The van der Waals surface area contributed by atoms with E-state index < -0.39 is 30.8 Å². The largest absolute Gasteiger partial charge is 0.733 e. The molecule has 0 aliphatic rings. The molecule has 0 spiro atoms. The molecule has 0 saturated carbocycles. The summed E-state index contributed by atoms with van der Waals surface area (Å²) in [4.78, 5) is 15.1. The van der Waals surface area contributed by atoms with Crippen LogP contribution >= 0.6 is 0 Å². The van der Waals surface area contributed by atoms with Gasteiger partial charge in [0.25, 0.3) is 25.6 Å². The number of hydrogen-bond donors (Lipinski definition) is 3. The Bertz CT molecular complexity index is 1730. The lowest BCUT2D eigenvalue weighted by Gasteiger charge is -2.24. The Hall–Kier alpha value is -3.91. The Kier molecular flexibility index (Phi) is 6.49. The van der Waals surface area contributed by atoms with Gasteiger partial charge in [0.15, 0.2) is 0 Å². The van der Waals surface area contributed by atoms with Crippen molar-refractivity contribution in [1.29, 1.82) is 0 Å². The monoisotopic (exact) mass is 529 g/mol. The maximum absolute atomic E-state index is 13.2. The minimum atomic E-state index is -4.30. The molecule has 0 fully saturated rings. The smallest absolute Gasteiger partial charge is 0.277 e. The topological polar surface area (TPSA) is 161 Å². The van der Waals surface area contributed by atoms with Crippen LogP contribution in [0.25, 0.3) is 10.8 Å². The second-order valence-corrected chi connectivity index (χ2v) is 11.3. The second-order valence-electron chi connectivity index (χ2n) is 7.98. The third-order valence-electron chi connectivity index (χ3n) is 5.38. The fourth-order valence-corrected chi connectivity index (χ4v) is 5.69. The number of aryl methyl sites for hydroxylation is 2. The second kappa shape index (κ2) is 9.28. The van der Waals surface area contributed by atoms with Gasteiger partial charge in [-0.3, -0.25) is 14.7 Å². The van der Waals surface area contributed by atoms with E-state index in [-0.39, 0.29) is 32.2 Å². The van der Waals surface area contributed by atoms with Crippen molar-refractivity contribution >= 4 is 42.2 Å². The average molecular weight is 530 g/mol. The molecule has 0 saturated heterocycles. The first-order valence-electron chi connectivity index (χ1n) is 10.4. The van der Waals surface area contributed by atoms with Crippen LogP contribution in [0.1, 0.15) is 11.3 Å². The Morgan fingerprint density at radius 3 is 2.17 bits per heavy atom. The zero-order chi connectivity index (χ0) is 26.3. The van der Waals surface area contributed by atoms with Crippen LogP contribution in [0.4, 0.5) is 11.4 Å². The minimum Gasteiger partial charge on any atom is -0.733 e. The Labute approximate surface area is 206 Å². The molecule has 11 nitrogen and oxygen atoms in total. The normalized spacial score (nSPS) is 11.9. The summed E-state index contributed by atoms with van der Waals surface area (Å²) in [5.41, 5.74) is -0.142. The first kappa shape index (κ1) is 25.2. The van der Waals surface area contributed by atoms with E-state index >= 15 is 0 Å². The van der Waals surface area contributed by atoms with E-state index in [4.69, 9.17) is 0 Å². The number of pyridine rings is 1. The standard InChI is InChI=1S/C23H21N4O7S2/c1-15-7-10-18(11-8-15)36(33,34)25-26-16(2)13-17-9-12-19(14-20(17)23(26)28)35(31,32)24-21-5-3-4-6-22(21)27(29)30/h3-14,24-25,29H,1-2H3/q-1. The van der Waals surface area contributed by atoms with Gasteiger partial charge < -0.3 is 10.4 Å². The molecule has 0 aliphatic carbocycles. The van der Waals surface area contributed by atoms with Crippen molar-refractivity contribution in [3.63, 3.8) is 0 Å². The molecule has 3 aromatic carbocycles. The number of anilines is 2. The molecule has 0 amide bonds. The van der Waals surface area contributed by atoms with Crippen LogP contribution in [-0.4, -0.2) is 26.7 Å². The van der Waals surface area contributed by atoms with Gasteiger partial charge >= 0.3 is 0 Å². The summed E-state index contributed by atoms with van der Waals surface area (Å²) in [7, 11) is -8.41. The first-order chi connectivity index (χ1) is 16.9. The van der Waals surface area contributed by atoms with Crippen molar-refractivity contribution < 1.29 is 22.0 Å². The molecule has 1 heterocycles. The fourth-order valence-electron chi connectivity index (χ4n) is 3.52. The number of nitrogens with one attached hydrogen (secondary N) is 2. The molecule has 36 heavy (non-hydrogen) atoms. The highest BCUT2D eigenvalue weighted by Crippen LogP contribution is 2.27. The quantitative estimate of drug-likeness (QED) is 0.308. The van der Waals surface area contributed by atoms with Gasteiger partial charge in [-0.15, -0.1) is 0 Å². The van der Waals surface area contributed by atoms with Crippen LogP contribution in [0.5, 0.6) is 0 Å². The molecule has 0 atom stereocenters. The third-order valence-corrected chi connectivity index (χ3v) is 8.06. The molecule has 0 unspecified atom stereocenters. The summed E-state index contributed by atoms with van der Waals surface area (Å²) in [5, 5.41) is 20.4. The van der Waals surface area contributed by atoms with Crippen molar-refractivity contribution in [3.05, 3.63) is 99.6 Å². The molecule has 3 N–H and O–H groups in total. The van der Waals surface area contributed by atoms with Crippen molar-refractivity contribution in [3.8, 4) is 0 Å². The molecular weight excluding hydrogens is 508 g/mol. The van der Waals surface area contributed by atoms with Gasteiger partial charge in [0.05, 0.1) is 26.6 Å². The fraction of sp³-hybridized carbons (Fsp3) is 0.0870. The summed E-state index contributed by atoms with van der Waals surface area (Å²) in [5.74, 6) is 0. The minimum absolute atomic E-state index is 0.0463. The summed E-state index contributed by atoms with van der Waals surface area (Å²) in [6.07, 6.45) is 0. The van der Waals surface area contributed by atoms with Crippen molar-refractivity contribution in [2.24, 2.45) is 0 Å². The van der Waals surface area contributed by atoms with E-state index in [2.05, 4.69) is 9.55 Å². The molecule has 4 rings (SSSR count). The van der Waals surface area contributed by atoms with E-state index in [1.807, 2.05) is 0 Å². The highest BCUT2D eigenvalue weighted by atomic mass is 32.2. The Balaban J connectivity index is 1.76. The number of hydrogen-bond acceptors (Lipinski definition) is 8. The van der Waals surface area contributed by atoms with Crippen LogP contribution in [0.15, 0.2) is 87.4 Å². The van der Waals surface area contributed by atoms with Gasteiger partial charge in [0, 0.05) is 5.69 Å². The third kappa shape index (κ3) is 4.90. The van der Waals surface area contributed by atoms with Crippen molar-refractivity contribution in [1.82, 2.24) is 4.68 Å². The van der Waals surface area contributed by atoms with Crippen LogP contribution < -0.4 is 20.3 Å². The predicted molar refractivity (Wildman–Crippen MR) is 136 cm³/mol. The molecule has 0 aliphatic heterocycles. The maximum Gasteiger partial charge on any atom is 0.277 e. The summed E-state index contributed by atoms with van der Waals surface area (Å²) in [6, 6.07) is 16.8. The highest BCUT2D eigenvalue weighted by molar-refractivity contribution is 7.93. The number of sulfonamides is 2. The van der Waals surface area contributed by atoms with Crippen LogP contribution in [0, 0.1) is 19.1 Å². The van der Waals surface area contributed by atoms with E-state index in [1.54, 1.807) is 19.1 Å². The molecule has 4 aromatic rings. The lowest BCUT2D eigenvalue weighted by atomic mass is 10.1.